The lowest BCUT2D eigenvalue weighted by Crippen LogP contribution is -2.65. The van der Waals surface area contributed by atoms with Gasteiger partial charge < -0.3 is 14.8 Å². The van der Waals surface area contributed by atoms with Gasteiger partial charge in [0.25, 0.3) is 5.91 Å². The molecular formula is C22H30N4O2. The van der Waals surface area contributed by atoms with Crippen LogP contribution in [0, 0.1) is 5.92 Å². The molecule has 6 heteroatoms. The topological polar surface area (TPSA) is 67.2 Å². The number of nitrogens with zero attached hydrogens (tertiary/aromatic N) is 3. The first kappa shape index (κ1) is 19.0. The summed E-state index contributed by atoms with van der Waals surface area (Å²) in [6, 6.07) is 7.94. The third-order valence-corrected chi connectivity index (χ3v) is 6.52. The van der Waals surface area contributed by atoms with E-state index in [4.69, 9.17) is 0 Å². The van der Waals surface area contributed by atoms with E-state index in [9.17, 15) is 9.59 Å². The second-order valence-electron chi connectivity index (χ2n) is 8.58. The Morgan fingerprint density at radius 3 is 2.79 bits per heavy atom. The van der Waals surface area contributed by atoms with E-state index in [1.165, 1.54) is 6.42 Å². The van der Waals surface area contributed by atoms with Crippen molar-refractivity contribution in [2.45, 2.75) is 71.0 Å². The van der Waals surface area contributed by atoms with Crippen molar-refractivity contribution in [2.24, 2.45) is 5.92 Å². The number of imidazole rings is 1. The van der Waals surface area contributed by atoms with E-state index in [-0.39, 0.29) is 17.9 Å². The van der Waals surface area contributed by atoms with E-state index < -0.39 is 5.54 Å². The Balaban J connectivity index is 1.71. The molecule has 28 heavy (non-hydrogen) atoms. The summed E-state index contributed by atoms with van der Waals surface area (Å²) in [6.07, 6.45) is 5.35. The van der Waals surface area contributed by atoms with Gasteiger partial charge in [0.2, 0.25) is 5.91 Å². The zero-order chi connectivity index (χ0) is 19.9. The number of para-hydroxylation sites is 2. The standard InChI is InChI=1S/C22H30N4O2/c1-4-13-26-20(27)19-23-17-11-7-8-12-18(17)25(19)14-22(26,3)21(28)24-16-10-6-5-9-15(16)2/h7-8,11-12,15-16H,4-6,9-10,13-14H2,1-3H3,(H,24,28)/t15-,16-,22-/m1/s1. The molecule has 1 aliphatic heterocycles. The van der Waals surface area contributed by atoms with Gasteiger partial charge in [-0.1, -0.05) is 38.8 Å². The highest BCUT2D eigenvalue weighted by Crippen LogP contribution is 2.32. The monoisotopic (exact) mass is 382 g/mol. The van der Waals surface area contributed by atoms with E-state index in [0.717, 1.165) is 36.7 Å². The molecule has 0 bridgehead atoms. The molecule has 2 aliphatic rings. The lowest BCUT2D eigenvalue weighted by atomic mass is 9.85. The Bertz CT molecular complexity index is 905. The molecule has 1 saturated carbocycles. The maximum absolute atomic E-state index is 13.5. The second kappa shape index (κ2) is 7.22. The van der Waals surface area contributed by atoms with Crippen LogP contribution in [0.1, 0.15) is 63.5 Å². The van der Waals surface area contributed by atoms with Crippen molar-refractivity contribution in [3.05, 3.63) is 30.1 Å². The lowest BCUT2D eigenvalue weighted by Gasteiger charge is -2.44. The van der Waals surface area contributed by atoms with Crippen molar-refractivity contribution in [1.82, 2.24) is 19.8 Å². The molecule has 0 radical (unpaired) electrons. The van der Waals surface area contributed by atoms with Crippen molar-refractivity contribution in [2.75, 3.05) is 6.54 Å². The number of carbonyl (C=O) groups is 2. The van der Waals surface area contributed by atoms with Gasteiger partial charge in [0.05, 0.1) is 17.6 Å². The highest BCUT2D eigenvalue weighted by Gasteiger charge is 2.48. The molecule has 1 fully saturated rings. The molecule has 2 amide bonds. The Kier molecular flexibility index (Phi) is 4.89. The molecule has 0 saturated heterocycles. The summed E-state index contributed by atoms with van der Waals surface area (Å²) in [5.74, 6) is 0.714. The average Bonchev–Trinajstić information content (AvgIpc) is 3.05. The van der Waals surface area contributed by atoms with Gasteiger partial charge in [-0.05, 0) is 44.2 Å². The molecule has 3 atom stereocenters. The highest BCUT2D eigenvalue weighted by atomic mass is 16.2. The Hall–Kier alpha value is -2.37. The molecule has 6 nitrogen and oxygen atoms in total. The van der Waals surface area contributed by atoms with Crippen LogP contribution in [-0.2, 0) is 11.3 Å². The first-order chi connectivity index (χ1) is 13.5. The predicted molar refractivity (Wildman–Crippen MR) is 109 cm³/mol. The van der Waals surface area contributed by atoms with E-state index in [1.54, 1.807) is 4.90 Å². The molecule has 4 rings (SSSR count). The minimum Gasteiger partial charge on any atom is -0.351 e. The lowest BCUT2D eigenvalue weighted by molar-refractivity contribution is -0.134. The Labute approximate surface area is 166 Å². The SMILES string of the molecule is CCCN1C(=O)c2nc3ccccc3n2C[C@]1(C)C(=O)N[C@@H]1CCCC[C@H]1C. The van der Waals surface area contributed by atoms with Crippen LogP contribution in [0.25, 0.3) is 11.0 Å². The van der Waals surface area contributed by atoms with Gasteiger partial charge >= 0.3 is 0 Å². The van der Waals surface area contributed by atoms with Crippen LogP contribution in [0.2, 0.25) is 0 Å². The summed E-state index contributed by atoms with van der Waals surface area (Å²) in [4.78, 5) is 33.1. The number of benzene rings is 1. The first-order valence-electron chi connectivity index (χ1n) is 10.5. The highest BCUT2D eigenvalue weighted by molar-refractivity contribution is 6.01. The van der Waals surface area contributed by atoms with Gasteiger partial charge in [-0.3, -0.25) is 9.59 Å². The predicted octanol–water partition coefficient (Wildman–Crippen LogP) is 3.36. The number of nitrogens with one attached hydrogen (secondary N) is 1. The Morgan fingerprint density at radius 1 is 1.29 bits per heavy atom. The van der Waals surface area contributed by atoms with E-state index in [2.05, 4.69) is 17.2 Å². The number of hydrogen-bond donors (Lipinski definition) is 1. The van der Waals surface area contributed by atoms with Crippen LogP contribution in [-0.4, -0.2) is 44.4 Å². The molecule has 0 spiro atoms. The van der Waals surface area contributed by atoms with E-state index in [1.807, 2.05) is 42.7 Å². The smallest absolute Gasteiger partial charge is 0.290 e. The summed E-state index contributed by atoms with van der Waals surface area (Å²) in [6.45, 7) is 7.13. The number of carbonyl (C=O) groups excluding carboxylic acids is 2. The molecular weight excluding hydrogens is 352 g/mol. The van der Waals surface area contributed by atoms with Crippen LogP contribution in [0.4, 0.5) is 0 Å². The maximum atomic E-state index is 13.5. The minimum absolute atomic E-state index is 0.0449. The molecule has 150 valence electrons. The number of hydrogen-bond acceptors (Lipinski definition) is 3. The van der Waals surface area contributed by atoms with Gasteiger partial charge in [-0.25, -0.2) is 4.98 Å². The fourth-order valence-corrected chi connectivity index (χ4v) is 4.76. The van der Waals surface area contributed by atoms with E-state index >= 15 is 0 Å². The van der Waals surface area contributed by atoms with Crippen LogP contribution in [0.15, 0.2) is 24.3 Å². The summed E-state index contributed by atoms with van der Waals surface area (Å²) in [5, 5.41) is 3.29. The van der Waals surface area contributed by atoms with Crippen molar-refractivity contribution < 1.29 is 9.59 Å². The van der Waals surface area contributed by atoms with Crippen molar-refractivity contribution in [3.63, 3.8) is 0 Å². The molecule has 2 aromatic rings. The zero-order valence-corrected chi connectivity index (χ0v) is 17.1. The molecule has 1 aromatic carbocycles. The molecule has 2 heterocycles. The van der Waals surface area contributed by atoms with Crippen molar-refractivity contribution in [3.8, 4) is 0 Å². The van der Waals surface area contributed by atoms with Crippen LogP contribution < -0.4 is 5.32 Å². The summed E-state index contributed by atoms with van der Waals surface area (Å²) in [7, 11) is 0. The van der Waals surface area contributed by atoms with Crippen LogP contribution in [0.3, 0.4) is 0 Å². The summed E-state index contributed by atoms with van der Waals surface area (Å²) in [5.41, 5.74) is 0.792. The van der Waals surface area contributed by atoms with Gasteiger partial charge in [0.15, 0.2) is 5.82 Å². The largest absolute Gasteiger partial charge is 0.351 e. The average molecular weight is 383 g/mol. The maximum Gasteiger partial charge on any atom is 0.290 e. The Morgan fingerprint density at radius 2 is 2.04 bits per heavy atom. The first-order valence-corrected chi connectivity index (χ1v) is 10.5. The van der Waals surface area contributed by atoms with Crippen LogP contribution in [0.5, 0.6) is 0 Å². The van der Waals surface area contributed by atoms with Crippen LogP contribution >= 0.6 is 0 Å². The van der Waals surface area contributed by atoms with Crippen molar-refractivity contribution >= 4 is 22.8 Å². The van der Waals surface area contributed by atoms with Gasteiger partial charge in [0, 0.05) is 12.6 Å². The normalized spacial score (nSPS) is 27.7. The molecule has 1 aromatic heterocycles. The summed E-state index contributed by atoms with van der Waals surface area (Å²) < 4.78 is 1.92. The third kappa shape index (κ3) is 2.99. The number of aromatic nitrogens is 2. The van der Waals surface area contributed by atoms with Gasteiger partial charge in [-0.2, -0.15) is 0 Å². The number of amides is 2. The second-order valence-corrected chi connectivity index (χ2v) is 8.58. The fourth-order valence-electron chi connectivity index (χ4n) is 4.76. The number of fused-ring (bicyclic) bond motifs is 3. The zero-order valence-electron chi connectivity index (χ0n) is 17.1. The number of rotatable bonds is 4. The summed E-state index contributed by atoms with van der Waals surface area (Å²) >= 11 is 0. The molecule has 1 N–H and O–H groups in total. The van der Waals surface area contributed by atoms with Gasteiger partial charge in [-0.15, -0.1) is 0 Å². The van der Waals surface area contributed by atoms with E-state index in [0.29, 0.717) is 24.8 Å². The third-order valence-electron chi connectivity index (χ3n) is 6.52. The van der Waals surface area contributed by atoms with Crippen molar-refractivity contribution in [1.29, 1.82) is 0 Å². The fraction of sp³-hybridized carbons (Fsp3) is 0.591. The molecule has 0 unspecified atom stereocenters. The quantitative estimate of drug-likeness (QED) is 0.882. The minimum atomic E-state index is -0.916. The van der Waals surface area contributed by atoms with Gasteiger partial charge in [0.1, 0.15) is 5.54 Å². The molecule has 1 aliphatic carbocycles.